The zero-order valence-electron chi connectivity index (χ0n) is 21.9. The van der Waals surface area contributed by atoms with Gasteiger partial charge in [-0.1, -0.05) is 31.1 Å². The lowest BCUT2D eigenvalue weighted by Gasteiger charge is -2.22. The monoisotopic (exact) mass is 509 g/mol. The van der Waals surface area contributed by atoms with Crippen LogP contribution in [0.5, 0.6) is 0 Å². The molecule has 1 aliphatic carbocycles. The van der Waals surface area contributed by atoms with E-state index in [9.17, 15) is 4.79 Å². The average Bonchev–Trinajstić information content (AvgIpc) is 3.56. The molecule has 0 bridgehead atoms. The van der Waals surface area contributed by atoms with Crippen molar-refractivity contribution in [3.8, 4) is 0 Å². The van der Waals surface area contributed by atoms with Crippen molar-refractivity contribution in [2.75, 3.05) is 26.8 Å². The molecule has 0 atom stereocenters. The van der Waals surface area contributed by atoms with Gasteiger partial charge in [-0.25, -0.2) is 9.97 Å². The molecule has 0 N–H and O–H groups in total. The van der Waals surface area contributed by atoms with E-state index in [0.29, 0.717) is 39.3 Å². The summed E-state index contributed by atoms with van der Waals surface area (Å²) in [6.45, 7) is 11.8. The van der Waals surface area contributed by atoms with Gasteiger partial charge in [-0.05, 0) is 51.4 Å². The number of allylic oxidation sites excluding steroid dienone is 1. The maximum absolute atomic E-state index is 12.6. The molecule has 4 rings (SSSR count). The molecule has 3 aromatic rings. The third-order valence-electron chi connectivity index (χ3n) is 7.07. The summed E-state index contributed by atoms with van der Waals surface area (Å²) in [5.41, 5.74) is 5.25. The highest BCUT2D eigenvalue weighted by Gasteiger charge is 2.30. The number of fused-ring (bicyclic) bond motifs is 1. The Hall–Kier alpha value is -2.42. The third kappa shape index (κ3) is 6.47. The van der Waals surface area contributed by atoms with Gasteiger partial charge in [-0.2, -0.15) is 12.6 Å². The molecule has 0 radical (unpaired) electrons. The van der Waals surface area contributed by atoms with Crippen LogP contribution in [0.1, 0.15) is 63.0 Å². The van der Waals surface area contributed by atoms with Crippen LogP contribution in [-0.2, 0) is 29.2 Å². The first-order valence-corrected chi connectivity index (χ1v) is 13.4. The number of ether oxygens (including phenoxy) is 1. The third-order valence-corrected chi connectivity index (χ3v) is 7.64. The van der Waals surface area contributed by atoms with Crippen LogP contribution < -0.4 is 0 Å². The molecule has 1 saturated carbocycles. The number of hydrogen-bond acceptors (Lipinski definition) is 6. The second-order valence-corrected chi connectivity index (χ2v) is 11.2. The zero-order chi connectivity index (χ0) is 25.7. The fourth-order valence-corrected chi connectivity index (χ4v) is 5.37. The molecule has 8 heteroatoms. The first-order valence-electron chi connectivity index (χ1n) is 12.9. The number of thiol groups is 1. The fraction of sp³-hybridized carbons (Fsp3) is 0.536. The predicted octanol–water partition coefficient (Wildman–Crippen LogP) is 4.98. The van der Waals surface area contributed by atoms with Crippen LogP contribution in [0.25, 0.3) is 16.6 Å². The maximum Gasteiger partial charge on any atom is 0.149 e. The molecular formula is C28H39N5O2S. The molecule has 7 nitrogen and oxygen atoms in total. The summed E-state index contributed by atoms with van der Waals surface area (Å²) in [6, 6.07) is 6.27. The molecule has 0 spiro atoms. The molecule has 36 heavy (non-hydrogen) atoms. The second kappa shape index (κ2) is 11.8. The molecule has 1 fully saturated rings. The minimum absolute atomic E-state index is 0.00389. The second-order valence-electron chi connectivity index (χ2n) is 10.2. The van der Waals surface area contributed by atoms with Crippen LogP contribution in [0.15, 0.2) is 37.3 Å². The number of ketones is 1. The molecular weight excluding hydrogens is 470 g/mol. The number of benzene rings is 1. The van der Waals surface area contributed by atoms with Crippen LogP contribution in [0, 0.1) is 0 Å². The van der Waals surface area contributed by atoms with Gasteiger partial charge in [0.05, 0.1) is 55.9 Å². The van der Waals surface area contributed by atoms with Crippen molar-refractivity contribution >= 4 is 35.0 Å². The first kappa shape index (κ1) is 26.6. The molecule has 1 aliphatic rings. The summed E-state index contributed by atoms with van der Waals surface area (Å²) in [5, 5.41) is 0. The minimum atomic E-state index is -0.00389. The number of nitrogens with zero attached hydrogens (tertiary/aromatic N) is 5. The van der Waals surface area contributed by atoms with E-state index >= 15 is 0 Å². The van der Waals surface area contributed by atoms with Gasteiger partial charge in [0.25, 0.3) is 0 Å². The Morgan fingerprint density at radius 1 is 1.31 bits per heavy atom. The van der Waals surface area contributed by atoms with Crippen molar-refractivity contribution < 1.29 is 9.53 Å². The zero-order valence-corrected chi connectivity index (χ0v) is 22.8. The van der Waals surface area contributed by atoms with Crippen molar-refractivity contribution in [1.82, 2.24) is 24.0 Å². The lowest BCUT2D eigenvalue weighted by atomic mass is 10.1. The van der Waals surface area contributed by atoms with Crippen LogP contribution >= 0.6 is 12.6 Å². The maximum atomic E-state index is 12.6. The van der Waals surface area contributed by atoms with E-state index in [1.807, 2.05) is 31.4 Å². The number of carbonyl (C=O) groups is 1. The topological polar surface area (TPSA) is 65.2 Å². The van der Waals surface area contributed by atoms with Gasteiger partial charge in [0, 0.05) is 23.9 Å². The van der Waals surface area contributed by atoms with E-state index < -0.39 is 0 Å². The number of aromatic nitrogens is 4. The van der Waals surface area contributed by atoms with E-state index in [4.69, 9.17) is 22.3 Å². The largest absolute Gasteiger partial charge is 0.380 e. The summed E-state index contributed by atoms with van der Waals surface area (Å²) in [5.74, 6) is 1.10. The van der Waals surface area contributed by atoms with Gasteiger partial charge < -0.3 is 13.9 Å². The van der Waals surface area contributed by atoms with Crippen molar-refractivity contribution in [3.05, 3.63) is 54.4 Å². The highest BCUT2D eigenvalue weighted by atomic mass is 32.1. The van der Waals surface area contributed by atoms with Crippen molar-refractivity contribution in [2.45, 2.75) is 70.3 Å². The summed E-state index contributed by atoms with van der Waals surface area (Å²) in [4.78, 5) is 24.0. The summed E-state index contributed by atoms with van der Waals surface area (Å²) in [7, 11) is 1.97. The van der Waals surface area contributed by atoms with Gasteiger partial charge in [0.15, 0.2) is 0 Å². The van der Waals surface area contributed by atoms with Crippen LogP contribution in [0.4, 0.5) is 0 Å². The highest BCUT2D eigenvalue weighted by Crippen LogP contribution is 2.35. The van der Waals surface area contributed by atoms with Crippen LogP contribution in [-0.4, -0.2) is 61.3 Å². The standard InChI is InChI=1S/C28H39N5O2S/c1-5-32-20-29-15-23(32)16-33-26-14-22(21(2)3)8-9-25(26)30-27(33)18-31(4)17-24(34)10-13-35-19-28(36)11-6-7-12-28/h8-9,14-15,20,36H,2,5-7,10-13,16-19H2,1,3-4H3. The SMILES string of the molecule is C=C(C)c1ccc2nc(CN(C)CC(=O)CCOCC3(S)CCCC3)n(Cc3cncn3CC)c2c1. The Morgan fingerprint density at radius 2 is 2.08 bits per heavy atom. The molecule has 1 aromatic carbocycles. The Morgan fingerprint density at radius 3 is 2.81 bits per heavy atom. The average molecular weight is 510 g/mol. The summed E-state index contributed by atoms with van der Waals surface area (Å²) in [6.07, 6.45) is 8.83. The smallest absolute Gasteiger partial charge is 0.149 e. The molecule has 194 valence electrons. The molecule has 0 saturated heterocycles. The van der Waals surface area contributed by atoms with Crippen LogP contribution in [0.3, 0.4) is 0 Å². The molecule has 0 aliphatic heterocycles. The first-order chi connectivity index (χ1) is 17.3. The van der Waals surface area contributed by atoms with E-state index in [1.54, 1.807) is 0 Å². The predicted molar refractivity (Wildman–Crippen MR) is 148 cm³/mol. The summed E-state index contributed by atoms with van der Waals surface area (Å²) >= 11 is 4.77. The Kier molecular flexibility index (Phi) is 8.70. The highest BCUT2D eigenvalue weighted by molar-refractivity contribution is 7.81. The number of hydrogen-bond donors (Lipinski definition) is 1. The number of rotatable bonds is 13. The number of carbonyl (C=O) groups excluding carboxylic acids is 1. The molecule has 0 unspecified atom stereocenters. The normalized spacial score (nSPS) is 15.2. The molecule has 0 amide bonds. The lowest BCUT2D eigenvalue weighted by molar-refractivity contribution is -0.121. The van der Waals surface area contributed by atoms with E-state index in [1.165, 1.54) is 12.8 Å². The number of likely N-dealkylation sites (N-methyl/N-ethyl adjacent to an activating group) is 1. The quantitative estimate of drug-likeness (QED) is 0.260. The van der Waals surface area contributed by atoms with E-state index in [2.05, 4.69) is 45.8 Å². The van der Waals surface area contributed by atoms with Gasteiger partial charge in [-0.3, -0.25) is 9.69 Å². The number of aryl methyl sites for hydroxylation is 1. The number of imidazole rings is 2. The van der Waals surface area contributed by atoms with E-state index in [-0.39, 0.29) is 10.5 Å². The van der Waals surface area contributed by atoms with Gasteiger partial charge in [0.1, 0.15) is 11.6 Å². The van der Waals surface area contributed by atoms with Gasteiger partial charge in [-0.15, -0.1) is 0 Å². The molecule has 2 heterocycles. The Bertz CT molecular complexity index is 1210. The Labute approximate surface area is 220 Å². The van der Waals surface area contributed by atoms with Crippen molar-refractivity contribution in [1.29, 1.82) is 0 Å². The van der Waals surface area contributed by atoms with Crippen LogP contribution in [0.2, 0.25) is 0 Å². The minimum Gasteiger partial charge on any atom is -0.380 e. The molecule has 2 aromatic heterocycles. The lowest BCUT2D eigenvalue weighted by Crippen LogP contribution is -2.29. The van der Waals surface area contributed by atoms with Crippen molar-refractivity contribution in [2.24, 2.45) is 0 Å². The Balaban J connectivity index is 1.43. The van der Waals surface area contributed by atoms with E-state index in [0.717, 1.165) is 53.1 Å². The van der Waals surface area contributed by atoms with Crippen molar-refractivity contribution in [3.63, 3.8) is 0 Å². The van der Waals surface area contributed by atoms with Gasteiger partial charge >= 0.3 is 0 Å². The fourth-order valence-electron chi connectivity index (χ4n) is 4.96. The number of Topliss-reactive ketones (excluding diaryl/α,β-unsaturated/α-hetero) is 1. The van der Waals surface area contributed by atoms with Gasteiger partial charge in [0.2, 0.25) is 0 Å². The summed E-state index contributed by atoms with van der Waals surface area (Å²) < 4.78 is 10.2.